The van der Waals surface area contributed by atoms with Gasteiger partial charge in [-0.2, -0.15) is 0 Å². The van der Waals surface area contributed by atoms with Crippen molar-refractivity contribution in [1.29, 1.82) is 0 Å². The molecule has 0 fully saturated rings. The molecule has 2 rings (SSSR count). The summed E-state index contributed by atoms with van der Waals surface area (Å²) in [5, 5.41) is 2.88. The molecular weight excluding hydrogens is 324 g/mol. The highest BCUT2D eigenvalue weighted by Crippen LogP contribution is 2.18. The van der Waals surface area contributed by atoms with Crippen molar-refractivity contribution >= 4 is 21.6 Å². The number of hydrogen-bond acceptors (Lipinski definition) is 3. The predicted molar refractivity (Wildman–Crippen MR) is 95.0 cm³/mol. The third-order valence-corrected chi connectivity index (χ3v) is 3.86. The van der Waals surface area contributed by atoms with Crippen LogP contribution in [-0.4, -0.2) is 20.6 Å². The van der Waals surface area contributed by atoms with E-state index in [1.807, 2.05) is 30.3 Å². The SMILES string of the molecule is C#CC[C@@H](NC(=O)c1cccc(NS(C)(=O)=O)c1)c1ccccc1. The van der Waals surface area contributed by atoms with Crippen LogP contribution >= 0.6 is 0 Å². The second kappa shape index (κ2) is 7.66. The molecule has 0 saturated heterocycles. The number of nitrogens with one attached hydrogen (secondary N) is 2. The molecule has 124 valence electrons. The number of carbonyl (C=O) groups excluding carboxylic acids is 1. The van der Waals surface area contributed by atoms with Gasteiger partial charge in [0.05, 0.1) is 12.3 Å². The van der Waals surface area contributed by atoms with E-state index in [9.17, 15) is 13.2 Å². The van der Waals surface area contributed by atoms with Crippen LogP contribution in [-0.2, 0) is 10.0 Å². The Bertz CT molecular complexity index is 855. The maximum absolute atomic E-state index is 12.5. The summed E-state index contributed by atoms with van der Waals surface area (Å²) < 4.78 is 24.9. The number of carbonyl (C=O) groups is 1. The third-order valence-electron chi connectivity index (χ3n) is 3.26. The van der Waals surface area contributed by atoms with Gasteiger partial charge < -0.3 is 5.32 Å². The molecule has 0 saturated carbocycles. The molecule has 0 aliphatic heterocycles. The van der Waals surface area contributed by atoms with E-state index < -0.39 is 10.0 Å². The number of amides is 1. The number of hydrogen-bond donors (Lipinski definition) is 2. The van der Waals surface area contributed by atoms with Crippen molar-refractivity contribution in [3.63, 3.8) is 0 Å². The van der Waals surface area contributed by atoms with Crippen LogP contribution in [0.1, 0.15) is 28.4 Å². The van der Waals surface area contributed by atoms with Gasteiger partial charge in [0.25, 0.3) is 5.91 Å². The van der Waals surface area contributed by atoms with Crippen molar-refractivity contribution < 1.29 is 13.2 Å². The first-order chi connectivity index (χ1) is 11.4. The maximum atomic E-state index is 12.5. The molecule has 0 heterocycles. The Labute approximate surface area is 142 Å². The summed E-state index contributed by atoms with van der Waals surface area (Å²) in [5.41, 5.74) is 1.59. The topological polar surface area (TPSA) is 75.3 Å². The van der Waals surface area contributed by atoms with Gasteiger partial charge in [-0.25, -0.2) is 8.42 Å². The first kappa shape index (κ1) is 17.6. The molecule has 2 aromatic rings. The lowest BCUT2D eigenvalue weighted by atomic mass is 10.0. The van der Waals surface area contributed by atoms with Crippen LogP contribution in [0.2, 0.25) is 0 Å². The average molecular weight is 342 g/mol. The zero-order chi connectivity index (χ0) is 17.6. The molecule has 2 aromatic carbocycles. The van der Waals surface area contributed by atoms with E-state index in [1.54, 1.807) is 18.2 Å². The molecule has 0 aliphatic carbocycles. The molecule has 0 radical (unpaired) electrons. The summed E-state index contributed by atoms with van der Waals surface area (Å²) in [7, 11) is -3.40. The van der Waals surface area contributed by atoms with Crippen LogP contribution in [0.15, 0.2) is 54.6 Å². The highest BCUT2D eigenvalue weighted by Gasteiger charge is 2.15. The van der Waals surface area contributed by atoms with Gasteiger partial charge in [0.1, 0.15) is 0 Å². The Morgan fingerprint density at radius 3 is 2.50 bits per heavy atom. The van der Waals surface area contributed by atoms with Gasteiger partial charge in [-0.3, -0.25) is 9.52 Å². The smallest absolute Gasteiger partial charge is 0.251 e. The van der Waals surface area contributed by atoms with Crippen molar-refractivity contribution in [1.82, 2.24) is 5.32 Å². The quantitative estimate of drug-likeness (QED) is 0.792. The normalized spacial score (nSPS) is 12.0. The van der Waals surface area contributed by atoms with Gasteiger partial charge >= 0.3 is 0 Å². The summed E-state index contributed by atoms with van der Waals surface area (Å²) in [6.07, 6.45) is 6.81. The zero-order valence-electron chi connectivity index (χ0n) is 13.2. The molecular formula is C18H18N2O3S. The van der Waals surface area contributed by atoms with Gasteiger partial charge in [0.15, 0.2) is 0 Å². The first-order valence-electron chi connectivity index (χ1n) is 7.26. The van der Waals surface area contributed by atoms with Gasteiger partial charge in [-0.05, 0) is 23.8 Å². The number of terminal acetylenes is 1. The standard InChI is InChI=1S/C18H18N2O3S/c1-3-8-17(14-9-5-4-6-10-14)19-18(21)15-11-7-12-16(13-15)20-24(2,22)23/h1,4-7,9-13,17,20H,8H2,2H3,(H,19,21)/t17-/m1/s1. The summed E-state index contributed by atoms with van der Waals surface area (Å²) in [6.45, 7) is 0. The minimum absolute atomic E-state index is 0.310. The molecule has 0 bridgehead atoms. The lowest BCUT2D eigenvalue weighted by Crippen LogP contribution is -2.28. The number of anilines is 1. The largest absolute Gasteiger partial charge is 0.344 e. The summed E-state index contributed by atoms with van der Waals surface area (Å²) in [5.74, 6) is 2.24. The van der Waals surface area contributed by atoms with E-state index in [0.29, 0.717) is 17.7 Å². The van der Waals surface area contributed by atoms with E-state index in [1.165, 1.54) is 6.07 Å². The molecule has 0 aromatic heterocycles. The highest BCUT2D eigenvalue weighted by molar-refractivity contribution is 7.92. The van der Waals surface area contributed by atoms with E-state index in [4.69, 9.17) is 6.42 Å². The van der Waals surface area contributed by atoms with E-state index in [2.05, 4.69) is 16.0 Å². The molecule has 0 aliphatic rings. The van der Waals surface area contributed by atoms with E-state index in [-0.39, 0.29) is 11.9 Å². The summed E-state index contributed by atoms with van der Waals surface area (Å²) >= 11 is 0. The van der Waals surface area contributed by atoms with Crippen LogP contribution in [0.3, 0.4) is 0 Å². The van der Waals surface area contributed by atoms with Gasteiger partial charge in [0, 0.05) is 17.7 Å². The van der Waals surface area contributed by atoms with Crippen molar-refractivity contribution in [3.8, 4) is 12.3 Å². The van der Waals surface area contributed by atoms with E-state index in [0.717, 1.165) is 11.8 Å². The molecule has 0 spiro atoms. The number of benzene rings is 2. The molecule has 1 amide bonds. The lowest BCUT2D eigenvalue weighted by Gasteiger charge is -2.17. The monoisotopic (exact) mass is 342 g/mol. The van der Waals surface area contributed by atoms with E-state index >= 15 is 0 Å². The van der Waals surface area contributed by atoms with Crippen molar-refractivity contribution in [2.45, 2.75) is 12.5 Å². The fourth-order valence-electron chi connectivity index (χ4n) is 2.23. The van der Waals surface area contributed by atoms with Gasteiger partial charge in [0.2, 0.25) is 10.0 Å². The highest BCUT2D eigenvalue weighted by atomic mass is 32.2. The fraction of sp³-hybridized carbons (Fsp3) is 0.167. The van der Waals surface area contributed by atoms with Crippen molar-refractivity contribution in [2.24, 2.45) is 0 Å². The van der Waals surface area contributed by atoms with Crippen molar-refractivity contribution in [2.75, 3.05) is 11.0 Å². The minimum Gasteiger partial charge on any atom is -0.344 e. The van der Waals surface area contributed by atoms with Gasteiger partial charge in [-0.15, -0.1) is 12.3 Å². The molecule has 1 atom stereocenters. The fourth-order valence-corrected chi connectivity index (χ4v) is 2.79. The summed E-state index contributed by atoms with van der Waals surface area (Å²) in [6, 6.07) is 15.4. The Morgan fingerprint density at radius 2 is 1.88 bits per heavy atom. The molecule has 2 N–H and O–H groups in total. The van der Waals surface area contributed by atoms with Gasteiger partial charge in [-0.1, -0.05) is 36.4 Å². The molecule has 24 heavy (non-hydrogen) atoms. The number of sulfonamides is 1. The average Bonchev–Trinajstić information content (AvgIpc) is 2.54. The Balaban J connectivity index is 2.19. The second-order valence-electron chi connectivity index (χ2n) is 5.30. The van der Waals surface area contributed by atoms with Crippen LogP contribution < -0.4 is 10.0 Å². The Morgan fingerprint density at radius 1 is 1.17 bits per heavy atom. The third kappa shape index (κ3) is 5.14. The van der Waals surface area contributed by atoms with Crippen LogP contribution in [0.25, 0.3) is 0 Å². The lowest BCUT2D eigenvalue weighted by molar-refractivity contribution is 0.0937. The second-order valence-corrected chi connectivity index (χ2v) is 7.05. The molecule has 6 heteroatoms. The zero-order valence-corrected chi connectivity index (χ0v) is 14.0. The van der Waals surface area contributed by atoms with Crippen molar-refractivity contribution in [3.05, 3.63) is 65.7 Å². The van der Waals surface area contributed by atoms with Crippen LogP contribution in [0, 0.1) is 12.3 Å². The maximum Gasteiger partial charge on any atom is 0.251 e. The van der Waals surface area contributed by atoms with Crippen LogP contribution in [0.4, 0.5) is 5.69 Å². The minimum atomic E-state index is -3.40. The Kier molecular flexibility index (Phi) is 5.61. The predicted octanol–water partition coefficient (Wildman–Crippen LogP) is 2.55. The van der Waals surface area contributed by atoms with Crippen LogP contribution in [0.5, 0.6) is 0 Å². The first-order valence-corrected chi connectivity index (χ1v) is 9.15. The number of rotatable bonds is 6. The molecule has 0 unspecified atom stereocenters. The molecule has 5 nitrogen and oxygen atoms in total. The summed E-state index contributed by atoms with van der Waals surface area (Å²) in [4.78, 5) is 12.5. The Hall–Kier alpha value is -2.78.